The minimum Gasteiger partial charge on any atom is -0.444 e. The van der Waals surface area contributed by atoms with E-state index in [4.69, 9.17) is 4.74 Å². The summed E-state index contributed by atoms with van der Waals surface area (Å²) in [5.41, 5.74) is 2.63. The molecule has 0 aliphatic carbocycles. The van der Waals surface area contributed by atoms with Crippen molar-refractivity contribution in [2.75, 3.05) is 5.32 Å². The number of nitrogens with zero attached hydrogens (tertiary/aromatic N) is 2. The lowest BCUT2D eigenvalue weighted by molar-refractivity contribution is -0.120. The summed E-state index contributed by atoms with van der Waals surface area (Å²) in [6, 6.07) is 12.2. The molecule has 0 aliphatic rings. The van der Waals surface area contributed by atoms with Gasteiger partial charge in [0.2, 0.25) is 5.91 Å². The number of rotatable bonds is 5. The number of hydrogen-bond donors (Lipinski definition) is 3. The number of aliphatic hydroxyl groups excluding tert-OH is 1. The van der Waals surface area contributed by atoms with E-state index in [-0.39, 0.29) is 0 Å². The molecule has 0 saturated carbocycles. The molecule has 0 saturated heterocycles. The number of benzene rings is 2. The largest absolute Gasteiger partial charge is 0.444 e. The zero-order valence-electron chi connectivity index (χ0n) is 18.3. The molecule has 2 amide bonds. The van der Waals surface area contributed by atoms with Gasteiger partial charge < -0.3 is 20.5 Å². The summed E-state index contributed by atoms with van der Waals surface area (Å²) >= 11 is 0. The molecule has 2 atom stereocenters. The van der Waals surface area contributed by atoms with Gasteiger partial charge in [0.15, 0.2) is 0 Å². The maximum atomic E-state index is 12.8. The van der Waals surface area contributed by atoms with Crippen molar-refractivity contribution < 1.29 is 19.4 Å². The van der Waals surface area contributed by atoms with Crippen molar-refractivity contribution in [1.82, 2.24) is 15.1 Å². The average molecular weight is 425 g/mol. The number of aryl methyl sites for hydroxylation is 1. The van der Waals surface area contributed by atoms with E-state index < -0.39 is 29.7 Å². The van der Waals surface area contributed by atoms with Gasteiger partial charge in [-0.3, -0.25) is 4.79 Å². The molecule has 1 aromatic heterocycles. The van der Waals surface area contributed by atoms with Crippen molar-refractivity contribution in [3.8, 4) is 5.69 Å². The molecule has 3 N–H and O–H groups in total. The molecule has 1 heterocycles. The van der Waals surface area contributed by atoms with E-state index in [1.165, 1.54) is 6.92 Å². The Bertz CT molecular complexity index is 1100. The molecular weight excluding hydrogens is 396 g/mol. The van der Waals surface area contributed by atoms with Crippen LogP contribution in [0.2, 0.25) is 0 Å². The van der Waals surface area contributed by atoms with E-state index in [2.05, 4.69) is 15.7 Å². The lowest BCUT2D eigenvalue weighted by Crippen LogP contribution is -2.51. The number of amides is 2. The fourth-order valence-electron chi connectivity index (χ4n) is 3.12. The molecule has 0 radical (unpaired) electrons. The quantitative estimate of drug-likeness (QED) is 0.581. The van der Waals surface area contributed by atoms with Gasteiger partial charge in [-0.15, -0.1) is 0 Å². The summed E-state index contributed by atoms with van der Waals surface area (Å²) in [4.78, 5) is 24.8. The highest BCUT2D eigenvalue weighted by Gasteiger charge is 2.28. The second-order valence-electron chi connectivity index (χ2n) is 8.52. The van der Waals surface area contributed by atoms with Crippen LogP contribution in [0.1, 0.15) is 33.3 Å². The second-order valence-corrected chi connectivity index (χ2v) is 8.52. The van der Waals surface area contributed by atoms with Crippen LogP contribution < -0.4 is 10.6 Å². The first-order valence-corrected chi connectivity index (χ1v) is 10.1. The molecule has 0 bridgehead atoms. The van der Waals surface area contributed by atoms with E-state index in [1.807, 2.05) is 37.3 Å². The fraction of sp³-hybridized carbons (Fsp3) is 0.348. The number of ether oxygens (including phenoxy) is 1. The third-order valence-corrected chi connectivity index (χ3v) is 4.52. The number of nitrogens with one attached hydrogen (secondary N) is 2. The minimum absolute atomic E-state index is 0.517. The molecule has 164 valence electrons. The first kappa shape index (κ1) is 22.3. The molecule has 0 aliphatic heterocycles. The van der Waals surface area contributed by atoms with Crippen molar-refractivity contribution in [2.45, 2.75) is 52.4 Å². The zero-order valence-corrected chi connectivity index (χ0v) is 18.3. The molecule has 8 nitrogen and oxygen atoms in total. The van der Waals surface area contributed by atoms with Gasteiger partial charge in [0.25, 0.3) is 0 Å². The van der Waals surface area contributed by atoms with Gasteiger partial charge in [0.05, 0.1) is 23.5 Å². The zero-order chi connectivity index (χ0) is 22.8. The molecule has 31 heavy (non-hydrogen) atoms. The van der Waals surface area contributed by atoms with E-state index >= 15 is 0 Å². The van der Waals surface area contributed by atoms with Gasteiger partial charge in [-0.2, -0.15) is 5.10 Å². The lowest BCUT2D eigenvalue weighted by Gasteiger charge is -2.24. The van der Waals surface area contributed by atoms with E-state index in [0.717, 1.165) is 22.2 Å². The molecule has 8 heteroatoms. The maximum Gasteiger partial charge on any atom is 0.408 e. The fourth-order valence-corrected chi connectivity index (χ4v) is 3.12. The van der Waals surface area contributed by atoms with Crippen molar-refractivity contribution in [2.24, 2.45) is 0 Å². The van der Waals surface area contributed by atoms with Crippen molar-refractivity contribution in [1.29, 1.82) is 0 Å². The Balaban J connectivity index is 1.82. The number of hydrogen-bond acceptors (Lipinski definition) is 5. The highest BCUT2D eigenvalue weighted by molar-refractivity contribution is 5.98. The number of fused-ring (bicyclic) bond motifs is 1. The van der Waals surface area contributed by atoms with Crippen LogP contribution in [0.15, 0.2) is 48.7 Å². The normalized spacial score (nSPS) is 13.5. The van der Waals surface area contributed by atoms with E-state index in [9.17, 15) is 14.7 Å². The van der Waals surface area contributed by atoms with Gasteiger partial charge in [0, 0.05) is 11.1 Å². The molecule has 2 aromatic carbocycles. The molecule has 0 fully saturated rings. The van der Waals surface area contributed by atoms with Gasteiger partial charge in [0.1, 0.15) is 11.6 Å². The topological polar surface area (TPSA) is 105 Å². The Morgan fingerprint density at radius 2 is 1.90 bits per heavy atom. The molecule has 0 spiro atoms. The van der Waals surface area contributed by atoms with Gasteiger partial charge in [-0.1, -0.05) is 12.1 Å². The predicted molar refractivity (Wildman–Crippen MR) is 119 cm³/mol. The van der Waals surface area contributed by atoms with Crippen LogP contribution in [0, 0.1) is 6.92 Å². The third-order valence-electron chi connectivity index (χ3n) is 4.52. The standard InChI is InChI=1S/C23H28N4O4/c1-14-7-6-8-18(11-14)27-19-12-17(10-9-16(19)13-24-27)25-21(29)20(15(2)28)26-22(30)31-23(3,4)5/h6-13,15,20,28H,1-5H3,(H,25,29)(H,26,30)/t15-,20-/m0/s1. The highest BCUT2D eigenvalue weighted by Crippen LogP contribution is 2.23. The average Bonchev–Trinajstić information content (AvgIpc) is 3.07. The van der Waals surface area contributed by atoms with Crippen LogP contribution in [-0.2, 0) is 9.53 Å². The van der Waals surface area contributed by atoms with Crippen LogP contribution in [0.3, 0.4) is 0 Å². The Morgan fingerprint density at radius 1 is 1.16 bits per heavy atom. The Hall–Kier alpha value is -3.39. The van der Waals surface area contributed by atoms with Crippen LogP contribution in [0.4, 0.5) is 10.5 Å². The van der Waals surface area contributed by atoms with Crippen molar-refractivity contribution >= 4 is 28.6 Å². The van der Waals surface area contributed by atoms with Crippen molar-refractivity contribution in [3.63, 3.8) is 0 Å². The number of alkyl carbamates (subject to hydrolysis) is 1. The highest BCUT2D eigenvalue weighted by atomic mass is 16.6. The molecule has 3 rings (SSSR count). The van der Waals surface area contributed by atoms with Crippen LogP contribution >= 0.6 is 0 Å². The monoisotopic (exact) mass is 424 g/mol. The second kappa shape index (κ2) is 8.77. The lowest BCUT2D eigenvalue weighted by atomic mass is 10.1. The Labute approximate surface area is 181 Å². The predicted octanol–water partition coefficient (Wildman–Crippen LogP) is 3.55. The van der Waals surface area contributed by atoms with Crippen molar-refractivity contribution in [3.05, 3.63) is 54.2 Å². The summed E-state index contributed by atoms with van der Waals surface area (Å²) in [7, 11) is 0. The van der Waals surface area contributed by atoms with Crippen LogP contribution in [0.5, 0.6) is 0 Å². The SMILES string of the molecule is Cc1cccc(-n2ncc3ccc(NC(=O)[C@@H](NC(=O)OC(C)(C)C)[C@H](C)O)cc32)c1. The minimum atomic E-state index is -1.17. The van der Waals surface area contributed by atoms with E-state index in [0.29, 0.717) is 5.69 Å². The molecule has 3 aromatic rings. The first-order valence-electron chi connectivity index (χ1n) is 10.1. The number of carbonyl (C=O) groups is 2. The number of anilines is 1. The summed E-state index contributed by atoms with van der Waals surface area (Å²) < 4.78 is 6.98. The summed E-state index contributed by atoms with van der Waals surface area (Å²) in [6.07, 6.45) is -0.137. The molecule has 0 unspecified atom stereocenters. The third kappa shape index (κ3) is 5.61. The number of aromatic nitrogens is 2. The molecular formula is C23H28N4O4. The van der Waals surface area contributed by atoms with Crippen LogP contribution in [-0.4, -0.2) is 44.6 Å². The van der Waals surface area contributed by atoms with Gasteiger partial charge in [-0.25, -0.2) is 9.48 Å². The summed E-state index contributed by atoms with van der Waals surface area (Å²) in [6.45, 7) is 8.59. The summed E-state index contributed by atoms with van der Waals surface area (Å²) in [5.74, 6) is -0.554. The summed E-state index contributed by atoms with van der Waals surface area (Å²) in [5, 5.41) is 20.6. The van der Waals surface area contributed by atoms with Crippen LogP contribution in [0.25, 0.3) is 16.6 Å². The maximum absolute atomic E-state index is 12.8. The Morgan fingerprint density at radius 3 is 2.55 bits per heavy atom. The van der Waals surface area contributed by atoms with Gasteiger partial charge in [-0.05, 0) is 70.5 Å². The smallest absolute Gasteiger partial charge is 0.408 e. The number of aliphatic hydroxyl groups is 1. The van der Waals surface area contributed by atoms with E-state index in [1.54, 1.807) is 43.8 Å². The Kier molecular flexibility index (Phi) is 6.31. The first-order chi connectivity index (χ1) is 14.5. The van der Waals surface area contributed by atoms with Gasteiger partial charge >= 0.3 is 6.09 Å². The number of carbonyl (C=O) groups excluding carboxylic acids is 2.